The molecule has 14 heavy (non-hydrogen) atoms. The molecule has 2 N–H and O–H groups in total. The minimum atomic E-state index is -4.09. The van der Waals surface area contributed by atoms with Gasteiger partial charge < -0.3 is 10.5 Å². The van der Waals surface area contributed by atoms with Crippen LogP contribution in [0, 0.1) is 0 Å². The molecule has 0 aromatic heterocycles. The Balaban J connectivity index is 2.33. The highest BCUT2D eigenvalue weighted by atomic mass is 19.4. The van der Waals surface area contributed by atoms with Crippen molar-refractivity contribution in [1.82, 2.24) is 4.90 Å². The number of nitrogens with zero attached hydrogens (tertiary/aromatic N) is 1. The van der Waals surface area contributed by atoms with Crippen LogP contribution < -0.4 is 5.73 Å². The molecule has 1 unspecified atom stereocenters. The van der Waals surface area contributed by atoms with E-state index in [1.54, 1.807) is 4.90 Å². The van der Waals surface area contributed by atoms with Crippen LogP contribution in [0.4, 0.5) is 13.2 Å². The molecule has 0 aromatic carbocycles. The van der Waals surface area contributed by atoms with Gasteiger partial charge in [-0.05, 0) is 0 Å². The van der Waals surface area contributed by atoms with Gasteiger partial charge in [-0.1, -0.05) is 0 Å². The van der Waals surface area contributed by atoms with E-state index < -0.39 is 12.6 Å². The molecule has 1 fully saturated rings. The van der Waals surface area contributed by atoms with Crippen LogP contribution in [0.25, 0.3) is 0 Å². The Kier molecular flexibility index (Phi) is 4.15. The van der Waals surface area contributed by atoms with Gasteiger partial charge in [-0.2, -0.15) is 13.2 Å². The Morgan fingerprint density at radius 1 is 1.43 bits per heavy atom. The number of ether oxygens (including phenoxy) is 1. The summed E-state index contributed by atoms with van der Waals surface area (Å²) in [6.07, 6.45) is -4.86. The number of hydrogen-bond acceptors (Lipinski definition) is 3. The Hall–Kier alpha value is -0.330. The maximum atomic E-state index is 12.0. The zero-order chi connectivity index (χ0) is 10.6. The lowest BCUT2D eigenvalue weighted by atomic mass is 10.2. The Labute approximate surface area is 81.0 Å². The van der Waals surface area contributed by atoms with Crippen LogP contribution >= 0.6 is 0 Å². The second-order valence-electron chi connectivity index (χ2n) is 3.37. The fraction of sp³-hybridized carbons (Fsp3) is 1.00. The first kappa shape index (κ1) is 11.7. The fourth-order valence-corrected chi connectivity index (χ4v) is 1.47. The van der Waals surface area contributed by atoms with Crippen LogP contribution in [0.1, 0.15) is 6.42 Å². The SMILES string of the molecule is NCC1COCCN1CCC(F)(F)F. The second kappa shape index (κ2) is 4.95. The molecule has 6 heteroatoms. The van der Waals surface area contributed by atoms with Crippen molar-refractivity contribution in [3.05, 3.63) is 0 Å². The first-order chi connectivity index (χ1) is 6.53. The molecule has 1 aliphatic heterocycles. The molecule has 1 rings (SSSR count). The van der Waals surface area contributed by atoms with Crippen LogP contribution in [0.5, 0.6) is 0 Å². The predicted molar refractivity (Wildman–Crippen MR) is 45.9 cm³/mol. The smallest absolute Gasteiger partial charge is 0.378 e. The van der Waals surface area contributed by atoms with Crippen molar-refractivity contribution in [2.75, 3.05) is 32.8 Å². The van der Waals surface area contributed by atoms with E-state index >= 15 is 0 Å². The van der Waals surface area contributed by atoms with Gasteiger partial charge in [0, 0.05) is 25.7 Å². The van der Waals surface area contributed by atoms with Crippen molar-refractivity contribution in [3.8, 4) is 0 Å². The van der Waals surface area contributed by atoms with Crippen LogP contribution in [0.15, 0.2) is 0 Å². The van der Waals surface area contributed by atoms with Crippen LogP contribution in [0.3, 0.4) is 0 Å². The molecule has 0 amide bonds. The minimum Gasteiger partial charge on any atom is -0.378 e. The van der Waals surface area contributed by atoms with Gasteiger partial charge in [-0.25, -0.2) is 0 Å². The fourth-order valence-electron chi connectivity index (χ4n) is 1.47. The maximum absolute atomic E-state index is 12.0. The summed E-state index contributed by atoms with van der Waals surface area (Å²) >= 11 is 0. The standard InChI is InChI=1S/C8H15F3N2O/c9-8(10,11)1-2-13-3-4-14-6-7(13)5-12/h7H,1-6,12H2. The minimum absolute atomic E-state index is 0.0225. The molecule has 3 nitrogen and oxygen atoms in total. The Morgan fingerprint density at radius 3 is 2.71 bits per heavy atom. The molecule has 0 radical (unpaired) electrons. The molecule has 0 bridgehead atoms. The summed E-state index contributed by atoms with van der Waals surface area (Å²) in [5.74, 6) is 0. The molecule has 0 aliphatic carbocycles. The van der Waals surface area contributed by atoms with E-state index in [1.807, 2.05) is 0 Å². The molecule has 1 heterocycles. The number of rotatable bonds is 3. The van der Waals surface area contributed by atoms with E-state index in [0.29, 0.717) is 26.3 Å². The van der Waals surface area contributed by atoms with Crippen molar-refractivity contribution in [3.63, 3.8) is 0 Å². The lowest BCUT2D eigenvalue weighted by molar-refractivity contribution is -0.142. The van der Waals surface area contributed by atoms with Crippen molar-refractivity contribution >= 4 is 0 Å². The van der Waals surface area contributed by atoms with Gasteiger partial charge in [0.1, 0.15) is 0 Å². The summed E-state index contributed by atoms with van der Waals surface area (Å²) in [4.78, 5) is 1.75. The zero-order valence-corrected chi connectivity index (χ0v) is 7.89. The molecule has 0 saturated carbocycles. The number of morpholine rings is 1. The maximum Gasteiger partial charge on any atom is 0.390 e. The highest BCUT2D eigenvalue weighted by Crippen LogP contribution is 2.20. The number of nitrogens with two attached hydrogens (primary N) is 1. The third-order valence-electron chi connectivity index (χ3n) is 2.30. The van der Waals surface area contributed by atoms with Crippen LogP contribution in [-0.2, 0) is 4.74 Å². The highest BCUT2D eigenvalue weighted by Gasteiger charge is 2.30. The monoisotopic (exact) mass is 212 g/mol. The van der Waals surface area contributed by atoms with Crippen molar-refractivity contribution in [1.29, 1.82) is 0 Å². The third-order valence-corrected chi connectivity index (χ3v) is 2.30. The first-order valence-corrected chi connectivity index (χ1v) is 4.61. The van der Waals surface area contributed by atoms with Crippen molar-refractivity contribution in [2.24, 2.45) is 5.73 Å². The quantitative estimate of drug-likeness (QED) is 0.744. The van der Waals surface area contributed by atoms with Gasteiger partial charge in [0.2, 0.25) is 0 Å². The summed E-state index contributed by atoms with van der Waals surface area (Å²) < 4.78 is 41.0. The van der Waals surface area contributed by atoms with E-state index in [0.717, 1.165) is 0 Å². The average Bonchev–Trinajstić information content (AvgIpc) is 2.14. The number of alkyl halides is 3. The molecule has 0 aromatic rings. The Bertz CT molecular complexity index is 174. The van der Waals surface area contributed by atoms with E-state index in [4.69, 9.17) is 10.5 Å². The predicted octanol–water partition coefficient (Wildman–Crippen LogP) is 0.598. The first-order valence-electron chi connectivity index (χ1n) is 4.61. The normalized spacial score (nSPS) is 25.3. The molecule has 1 aliphatic rings. The molecule has 0 spiro atoms. The van der Waals surface area contributed by atoms with Crippen molar-refractivity contribution in [2.45, 2.75) is 18.6 Å². The van der Waals surface area contributed by atoms with Gasteiger partial charge in [0.15, 0.2) is 0 Å². The Morgan fingerprint density at radius 2 is 2.14 bits per heavy atom. The van der Waals surface area contributed by atoms with Crippen LogP contribution in [-0.4, -0.2) is 50.0 Å². The number of halogens is 3. The molecular weight excluding hydrogens is 197 g/mol. The summed E-state index contributed by atoms with van der Waals surface area (Å²) in [5, 5.41) is 0. The highest BCUT2D eigenvalue weighted by molar-refractivity contribution is 4.76. The molecule has 84 valence electrons. The lowest BCUT2D eigenvalue weighted by Gasteiger charge is -2.34. The van der Waals surface area contributed by atoms with E-state index in [-0.39, 0.29) is 12.6 Å². The second-order valence-corrected chi connectivity index (χ2v) is 3.37. The molecular formula is C8H15F3N2O. The lowest BCUT2D eigenvalue weighted by Crippen LogP contribution is -2.50. The van der Waals surface area contributed by atoms with Gasteiger partial charge in [0.05, 0.1) is 19.6 Å². The van der Waals surface area contributed by atoms with Gasteiger partial charge in [-0.3, -0.25) is 4.90 Å². The third kappa shape index (κ3) is 3.81. The average molecular weight is 212 g/mol. The van der Waals surface area contributed by atoms with E-state index in [1.165, 1.54) is 0 Å². The molecule has 1 saturated heterocycles. The van der Waals surface area contributed by atoms with E-state index in [2.05, 4.69) is 0 Å². The van der Waals surface area contributed by atoms with Gasteiger partial charge in [0.25, 0.3) is 0 Å². The zero-order valence-electron chi connectivity index (χ0n) is 7.89. The van der Waals surface area contributed by atoms with Crippen molar-refractivity contribution < 1.29 is 17.9 Å². The number of hydrogen-bond donors (Lipinski definition) is 1. The summed E-state index contributed by atoms with van der Waals surface area (Å²) in [7, 11) is 0. The summed E-state index contributed by atoms with van der Waals surface area (Å²) in [6, 6.07) is -0.0638. The topological polar surface area (TPSA) is 38.5 Å². The van der Waals surface area contributed by atoms with Gasteiger partial charge >= 0.3 is 6.18 Å². The molecule has 1 atom stereocenters. The summed E-state index contributed by atoms with van der Waals surface area (Å²) in [6.45, 7) is 1.84. The largest absolute Gasteiger partial charge is 0.390 e. The summed E-state index contributed by atoms with van der Waals surface area (Å²) in [5.41, 5.74) is 5.43. The van der Waals surface area contributed by atoms with Gasteiger partial charge in [-0.15, -0.1) is 0 Å². The van der Waals surface area contributed by atoms with Crippen LogP contribution in [0.2, 0.25) is 0 Å². The van der Waals surface area contributed by atoms with E-state index in [9.17, 15) is 13.2 Å².